The molecule has 0 aliphatic heterocycles. The highest BCUT2D eigenvalue weighted by molar-refractivity contribution is 8.09. The molecule has 0 heterocycles. The highest BCUT2D eigenvalue weighted by Crippen LogP contribution is 2.65. The third-order valence-corrected chi connectivity index (χ3v) is 12.2. The Bertz CT molecular complexity index is 733. The highest BCUT2D eigenvalue weighted by Gasteiger charge is 2.56. The topological polar surface area (TPSA) is 0 Å². The highest BCUT2D eigenvalue weighted by atomic mass is 35.9. The molecule has 0 nitrogen and oxygen atoms in total. The van der Waals surface area contributed by atoms with Crippen LogP contribution in [-0.2, 0) is 21.7 Å². The average Bonchev–Trinajstić information content (AvgIpc) is 3.26. The van der Waals surface area contributed by atoms with Gasteiger partial charge in [-0.15, -0.1) is 0 Å². The van der Waals surface area contributed by atoms with E-state index in [4.69, 9.17) is 22.5 Å². The molecule has 0 spiro atoms. The molecule has 0 N–H and O–H groups in total. The van der Waals surface area contributed by atoms with Crippen LogP contribution >= 0.6 is 29.1 Å². The maximum atomic E-state index is 7.04. The minimum atomic E-state index is -1.20. The molecule has 1 aromatic carbocycles. The summed E-state index contributed by atoms with van der Waals surface area (Å²) in [4.78, 5) is 0. The van der Waals surface area contributed by atoms with Crippen molar-refractivity contribution in [2.24, 2.45) is 0 Å². The van der Waals surface area contributed by atoms with Gasteiger partial charge in [-0.2, -0.15) is 0 Å². The molecule has 31 heavy (non-hydrogen) atoms. The van der Waals surface area contributed by atoms with Crippen molar-refractivity contribution in [2.45, 2.75) is 141 Å². The van der Waals surface area contributed by atoms with E-state index < -0.39 is 6.63 Å². The van der Waals surface area contributed by atoms with Crippen LogP contribution < -0.4 is 5.30 Å². The van der Waals surface area contributed by atoms with Crippen molar-refractivity contribution in [2.75, 3.05) is 0 Å². The molecule has 0 fully saturated rings. The van der Waals surface area contributed by atoms with Crippen molar-refractivity contribution in [1.29, 1.82) is 0 Å². The monoisotopic (exact) mass is 482 g/mol. The van der Waals surface area contributed by atoms with Crippen molar-refractivity contribution in [3.8, 4) is 0 Å². The van der Waals surface area contributed by atoms with Crippen LogP contribution in [0.4, 0.5) is 0 Å². The molecule has 0 radical (unpaired) electrons. The molecule has 0 saturated carbocycles. The van der Waals surface area contributed by atoms with Crippen molar-refractivity contribution in [3.63, 3.8) is 0 Å². The number of hydrogen-bond donors (Lipinski definition) is 0. The summed E-state index contributed by atoms with van der Waals surface area (Å²) in [5.74, 6) is 0. The van der Waals surface area contributed by atoms with Crippen LogP contribution in [-0.4, -0.2) is 0 Å². The first-order valence-electron chi connectivity index (χ1n) is 13.0. The van der Waals surface area contributed by atoms with Crippen molar-refractivity contribution >= 4 is 34.4 Å². The van der Waals surface area contributed by atoms with E-state index in [0.717, 1.165) is 0 Å². The third-order valence-electron chi connectivity index (χ3n) is 10.4. The zero-order valence-electron chi connectivity index (χ0n) is 21.4. The predicted molar refractivity (Wildman–Crippen MR) is 143 cm³/mol. The second-order valence-corrected chi connectivity index (χ2v) is 14.1. The average molecular weight is 484 g/mol. The fraction of sp³-hybridized carbons (Fsp3) is 0.786. The van der Waals surface area contributed by atoms with Gasteiger partial charge in [-0.1, -0.05) is 83.9 Å². The molecule has 176 valence electrons. The Kier molecular flexibility index (Phi) is 7.60. The van der Waals surface area contributed by atoms with Gasteiger partial charge in [0.05, 0.1) is 0 Å². The van der Waals surface area contributed by atoms with Gasteiger partial charge in [0.1, 0.15) is 6.63 Å². The molecule has 0 amide bonds. The van der Waals surface area contributed by atoms with Gasteiger partial charge in [-0.05, 0) is 108 Å². The molecular formula is C28H45Cl2P. The van der Waals surface area contributed by atoms with E-state index in [-0.39, 0.29) is 21.7 Å². The Morgan fingerprint density at radius 3 is 1.10 bits per heavy atom. The Hall–Kier alpha value is 0.230. The van der Waals surface area contributed by atoms with Gasteiger partial charge in [-0.3, -0.25) is 0 Å². The summed E-state index contributed by atoms with van der Waals surface area (Å²) in [5, 5.41) is 1.39. The van der Waals surface area contributed by atoms with Crippen LogP contribution in [0.5, 0.6) is 0 Å². The second kappa shape index (κ2) is 9.12. The van der Waals surface area contributed by atoms with Gasteiger partial charge in [0, 0.05) is 5.30 Å². The largest absolute Gasteiger partial charge is 0.117 e. The summed E-state index contributed by atoms with van der Waals surface area (Å²) in [7, 11) is 0. The lowest BCUT2D eigenvalue weighted by molar-refractivity contribution is 0.279. The van der Waals surface area contributed by atoms with Crippen molar-refractivity contribution in [1.82, 2.24) is 0 Å². The Morgan fingerprint density at radius 1 is 0.581 bits per heavy atom. The summed E-state index contributed by atoms with van der Waals surface area (Å²) >= 11 is 14.1. The van der Waals surface area contributed by atoms with Gasteiger partial charge in [0.2, 0.25) is 0 Å². The van der Waals surface area contributed by atoms with Crippen LogP contribution in [0.3, 0.4) is 0 Å². The molecular weight excluding hydrogens is 438 g/mol. The fourth-order valence-electron chi connectivity index (χ4n) is 7.88. The lowest BCUT2D eigenvalue weighted by atomic mass is 9.70. The first kappa shape index (κ1) is 25.8. The van der Waals surface area contributed by atoms with E-state index in [1.54, 1.807) is 22.3 Å². The van der Waals surface area contributed by atoms with Gasteiger partial charge in [-0.25, -0.2) is 0 Å². The number of benzene rings is 1. The van der Waals surface area contributed by atoms with Crippen LogP contribution in [0.2, 0.25) is 0 Å². The van der Waals surface area contributed by atoms with Crippen LogP contribution in [0, 0.1) is 0 Å². The lowest BCUT2D eigenvalue weighted by Crippen LogP contribution is -2.33. The predicted octanol–water partition coefficient (Wildman–Crippen LogP) is 10.1. The van der Waals surface area contributed by atoms with E-state index >= 15 is 0 Å². The normalized spacial score (nSPS) is 22.0. The Balaban J connectivity index is 2.56. The molecule has 0 unspecified atom stereocenters. The molecule has 0 atom stereocenters. The molecule has 2 aliphatic carbocycles. The van der Waals surface area contributed by atoms with Gasteiger partial charge < -0.3 is 0 Å². The standard InChI is InChI=1S/C28H45Cl2P/c1-9-25(10-2)18-27(13-5,14-6)22-20(25)17-21-23(24(22)31(29)30)28(15-7,16-8)19-26(21,11-3)12-4/h17H,9-16,18-19H2,1-8H3. The molecule has 2 aliphatic rings. The fourth-order valence-corrected chi connectivity index (χ4v) is 9.95. The van der Waals surface area contributed by atoms with E-state index in [1.165, 1.54) is 69.5 Å². The van der Waals surface area contributed by atoms with Crippen LogP contribution in [0.25, 0.3) is 0 Å². The van der Waals surface area contributed by atoms with Crippen LogP contribution in [0.15, 0.2) is 6.07 Å². The second-order valence-electron chi connectivity index (χ2n) is 10.6. The summed E-state index contributed by atoms with van der Waals surface area (Å²) in [5.41, 5.74) is 7.38. The molecule has 0 saturated heterocycles. The summed E-state index contributed by atoms with van der Waals surface area (Å²) in [6.07, 6.45) is 12.1. The summed E-state index contributed by atoms with van der Waals surface area (Å²) < 4.78 is 0. The van der Waals surface area contributed by atoms with Gasteiger partial charge in [0.15, 0.2) is 0 Å². The van der Waals surface area contributed by atoms with E-state index in [2.05, 4.69) is 61.5 Å². The first-order valence-corrected chi connectivity index (χ1v) is 16.2. The molecule has 0 aromatic heterocycles. The maximum absolute atomic E-state index is 7.04. The Morgan fingerprint density at radius 2 is 0.871 bits per heavy atom. The smallest absolute Gasteiger partial charge is 0.0727 e. The number of halogens is 2. The van der Waals surface area contributed by atoms with Crippen molar-refractivity contribution < 1.29 is 0 Å². The number of hydrogen-bond acceptors (Lipinski definition) is 0. The maximum Gasteiger partial charge on any atom is 0.117 e. The summed E-state index contributed by atoms with van der Waals surface area (Å²) in [6, 6.07) is 2.71. The third kappa shape index (κ3) is 3.40. The quantitative estimate of drug-likeness (QED) is 0.307. The Labute approximate surface area is 203 Å². The number of fused-ring (bicyclic) bond motifs is 2. The van der Waals surface area contributed by atoms with E-state index in [9.17, 15) is 0 Å². The van der Waals surface area contributed by atoms with Crippen molar-refractivity contribution in [3.05, 3.63) is 28.3 Å². The molecule has 3 heteroatoms. The van der Waals surface area contributed by atoms with Gasteiger partial charge in [0.25, 0.3) is 0 Å². The number of rotatable bonds is 9. The van der Waals surface area contributed by atoms with E-state index in [0.29, 0.717) is 0 Å². The zero-order valence-corrected chi connectivity index (χ0v) is 23.8. The van der Waals surface area contributed by atoms with Crippen LogP contribution in [0.1, 0.15) is 142 Å². The van der Waals surface area contributed by atoms with E-state index in [1.807, 2.05) is 0 Å². The minimum Gasteiger partial charge on any atom is -0.0727 e. The molecule has 3 rings (SSSR count). The lowest BCUT2D eigenvalue weighted by Gasteiger charge is -2.36. The SMILES string of the molecule is CCC1(CC)CC(CC)(CC)c2c1cc1c(c2P(Cl)Cl)C(CC)(CC)CC1(CC)CC. The molecule has 0 bridgehead atoms. The summed E-state index contributed by atoms with van der Waals surface area (Å²) in [6.45, 7) is 18.0. The minimum absolute atomic E-state index is 0.215. The zero-order chi connectivity index (χ0) is 23.2. The van der Waals surface area contributed by atoms with Gasteiger partial charge >= 0.3 is 0 Å². The molecule has 1 aromatic rings. The first-order chi connectivity index (χ1) is 14.7.